The Kier molecular flexibility index (Phi) is 5.29. The smallest absolute Gasteiger partial charge is 0.211 e. The van der Waals surface area contributed by atoms with Crippen molar-refractivity contribution in [3.63, 3.8) is 0 Å². The monoisotopic (exact) mass is 355 g/mol. The average molecular weight is 356 g/mol. The van der Waals surface area contributed by atoms with E-state index in [4.69, 9.17) is 0 Å². The van der Waals surface area contributed by atoms with E-state index in [0.717, 1.165) is 32.0 Å². The predicted molar refractivity (Wildman–Crippen MR) is 94.0 cm³/mol. The Morgan fingerprint density at radius 2 is 2.21 bits per heavy atom. The molecule has 1 atom stereocenters. The standard InChI is InChI=1S/C16H29N5O2S/c1-3-24(22,23)19-9-11-21(13-15-18-8-10-20(15)2)14-12-16(14)4-6-17-7-5-16/h8,10,14,17,19H,3-7,9,11-13H2,1-2H3. The number of nitrogens with zero attached hydrogens (tertiary/aromatic N) is 3. The molecule has 2 heterocycles. The van der Waals surface area contributed by atoms with Crippen molar-refractivity contribution < 1.29 is 8.42 Å². The molecule has 1 aromatic rings. The molecule has 1 spiro atoms. The molecule has 7 nitrogen and oxygen atoms in total. The largest absolute Gasteiger partial charge is 0.337 e. The fourth-order valence-corrected chi connectivity index (χ4v) is 4.43. The number of hydrogen-bond donors (Lipinski definition) is 2. The van der Waals surface area contributed by atoms with Crippen molar-refractivity contribution in [1.82, 2.24) is 24.5 Å². The molecule has 0 radical (unpaired) electrons. The molecule has 1 unspecified atom stereocenters. The Morgan fingerprint density at radius 1 is 1.46 bits per heavy atom. The van der Waals surface area contributed by atoms with Crippen molar-refractivity contribution in [3.05, 3.63) is 18.2 Å². The van der Waals surface area contributed by atoms with E-state index in [9.17, 15) is 8.42 Å². The molecule has 1 aromatic heterocycles. The van der Waals surface area contributed by atoms with Crippen molar-refractivity contribution in [2.45, 2.75) is 38.8 Å². The van der Waals surface area contributed by atoms with Gasteiger partial charge in [0.25, 0.3) is 0 Å². The maximum atomic E-state index is 11.7. The fourth-order valence-electron chi connectivity index (χ4n) is 3.83. The molecule has 2 aliphatic rings. The van der Waals surface area contributed by atoms with Crippen LogP contribution in [0, 0.1) is 5.41 Å². The van der Waals surface area contributed by atoms with Gasteiger partial charge in [0.15, 0.2) is 0 Å². The van der Waals surface area contributed by atoms with E-state index in [1.807, 2.05) is 24.0 Å². The molecular formula is C16H29N5O2S. The summed E-state index contributed by atoms with van der Waals surface area (Å²) >= 11 is 0. The maximum absolute atomic E-state index is 11.7. The van der Waals surface area contributed by atoms with Gasteiger partial charge in [0.2, 0.25) is 10.0 Å². The van der Waals surface area contributed by atoms with Gasteiger partial charge in [-0.3, -0.25) is 4.90 Å². The van der Waals surface area contributed by atoms with Gasteiger partial charge in [-0.1, -0.05) is 0 Å². The molecule has 136 valence electrons. The number of aryl methyl sites for hydroxylation is 1. The van der Waals surface area contributed by atoms with Gasteiger partial charge in [-0.2, -0.15) is 0 Å². The zero-order chi connectivity index (χ0) is 17.2. The SMILES string of the molecule is CCS(=O)(=O)NCCN(Cc1nccn1C)C1CC12CCNCC2. The number of hydrogen-bond acceptors (Lipinski definition) is 5. The van der Waals surface area contributed by atoms with Crippen LogP contribution in [0.25, 0.3) is 0 Å². The molecule has 0 amide bonds. The number of aromatic nitrogens is 2. The third-order valence-corrected chi connectivity index (χ3v) is 6.96. The Hall–Kier alpha value is -0.960. The lowest BCUT2D eigenvalue weighted by Crippen LogP contribution is -2.40. The first-order valence-corrected chi connectivity index (χ1v) is 10.5. The summed E-state index contributed by atoms with van der Waals surface area (Å²) in [5, 5.41) is 3.44. The molecule has 24 heavy (non-hydrogen) atoms. The predicted octanol–water partition coefficient (Wildman–Crippen LogP) is 0.304. The minimum absolute atomic E-state index is 0.130. The fraction of sp³-hybridized carbons (Fsp3) is 0.812. The van der Waals surface area contributed by atoms with Crippen molar-refractivity contribution in [3.8, 4) is 0 Å². The molecule has 1 aliphatic heterocycles. The molecular weight excluding hydrogens is 326 g/mol. The minimum Gasteiger partial charge on any atom is -0.337 e. The second-order valence-electron chi connectivity index (χ2n) is 7.05. The molecule has 8 heteroatoms. The van der Waals surface area contributed by atoms with Crippen LogP contribution in [0.1, 0.15) is 32.0 Å². The van der Waals surface area contributed by atoms with Crippen molar-refractivity contribution in [2.24, 2.45) is 12.5 Å². The topological polar surface area (TPSA) is 79.3 Å². The van der Waals surface area contributed by atoms with Crippen molar-refractivity contribution >= 4 is 10.0 Å². The zero-order valence-corrected chi connectivity index (χ0v) is 15.5. The number of piperidine rings is 1. The maximum Gasteiger partial charge on any atom is 0.211 e. The van der Waals surface area contributed by atoms with Crippen LogP contribution >= 0.6 is 0 Å². The molecule has 2 fully saturated rings. The van der Waals surface area contributed by atoms with Crippen LogP contribution in [0.2, 0.25) is 0 Å². The highest BCUT2D eigenvalue weighted by molar-refractivity contribution is 7.89. The van der Waals surface area contributed by atoms with E-state index in [-0.39, 0.29) is 5.75 Å². The van der Waals surface area contributed by atoms with Crippen LogP contribution in [0.15, 0.2) is 12.4 Å². The van der Waals surface area contributed by atoms with E-state index < -0.39 is 10.0 Å². The highest BCUT2D eigenvalue weighted by Gasteiger charge is 2.56. The number of sulfonamides is 1. The third kappa shape index (κ3) is 3.99. The molecule has 0 bridgehead atoms. The number of imidazole rings is 1. The number of nitrogens with one attached hydrogen (secondary N) is 2. The lowest BCUT2D eigenvalue weighted by Gasteiger charge is -2.29. The third-order valence-electron chi connectivity index (χ3n) is 5.55. The summed E-state index contributed by atoms with van der Waals surface area (Å²) in [6, 6.07) is 0.544. The molecule has 2 N–H and O–H groups in total. The Labute approximate surface area is 144 Å². The molecule has 1 aliphatic carbocycles. The van der Waals surface area contributed by atoms with Crippen LogP contribution in [-0.4, -0.2) is 60.8 Å². The number of rotatable bonds is 8. The van der Waals surface area contributed by atoms with E-state index in [2.05, 4.69) is 19.9 Å². The normalized spacial score (nSPS) is 23.0. The van der Waals surface area contributed by atoms with Crippen molar-refractivity contribution in [1.29, 1.82) is 0 Å². The van der Waals surface area contributed by atoms with Gasteiger partial charge < -0.3 is 9.88 Å². The summed E-state index contributed by atoms with van der Waals surface area (Å²) in [7, 11) is -1.12. The quantitative estimate of drug-likeness (QED) is 0.701. The van der Waals surface area contributed by atoms with Gasteiger partial charge in [-0.15, -0.1) is 0 Å². The van der Waals surface area contributed by atoms with Crippen LogP contribution in [0.4, 0.5) is 0 Å². The van der Waals surface area contributed by atoms with E-state index in [1.54, 1.807) is 6.92 Å². The van der Waals surface area contributed by atoms with Gasteiger partial charge in [0.05, 0.1) is 12.3 Å². The van der Waals surface area contributed by atoms with E-state index in [1.165, 1.54) is 19.3 Å². The first-order valence-electron chi connectivity index (χ1n) is 8.84. The van der Waals surface area contributed by atoms with Crippen LogP contribution < -0.4 is 10.0 Å². The van der Waals surface area contributed by atoms with Crippen LogP contribution in [0.3, 0.4) is 0 Å². The van der Waals surface area contributed by atoms with Gasteiger partial charge >= 0.3 is 0 Å². The summed E-state index contributed by atoms with van der Waals surface area (Å²) in [5.41, 5.74) is 0.431. The summed E-state index contributed by atoms with van der Waals surface area (Å²) in [4.78, 5) is 6.87. The second kappa shape index (κ2) is 7.11. The summed E-state index contributed by atoms with van der Waals surface area (Å²) in [6.07, 6.45) is 7.44. The molecule has 3 rings (SSSR count). The van der Waals surface area contributed by atoms with Crippen LogP contribution in [-0.2, 0) is 23.6 Å². The zero-order valence-electron chi connectivity index (χ0n) is 14.7. The van der Waals surface area contributed by atoms with Gasteiger partial charge in [-0.05, 0) is 44.7 Å². The Morgan fingerprint density at radius 3 is 2.83 bits per heavy atom. The van der Waals surface area contributed by atoms with Crippen molar-refractivity contribution in [2.75, 3.05) is 31.9 Å². The van der Waals surface area contributed by atoms with E-state index in [0.29, 0.717) is 18.0 Å². The van der Waals surface area contributed by atoms with E-state index >= 15 is 0 Å². The Balaban J connectivity index is 1.64. The highest BCUT2D eigenvalue weighted by atomic mass is 32.2. The molecule has 1 saturated heterocycles. The van der Waals surface area contributed by atoms with Gasteiger partial charge in [0, 0.05) is 38.6 Å². The lowest BCUT2D eigenvalue weighted by molar-refractivity contribution is 0.193. The lowest BCUT2D eigenvalue weighted by atomic mass is 9.93. The van der Waals surface area contributed by atoms with Gasteiger partial charge in [-0.25, -0.2) is 18.1 Å². The average Bonchev–Trinajstić information content (AvgIpc) is 3.09. The minimum atomic E-state index is -3.13. The highest BCUT2D eigenvalue weighted by Crippen LogP contribution is 2.55. The summed E-state index contributed by atoms with van der Waals surface area (Å²) < 4.78 is 28.1. The van der Waals surface area contributed by atoms with Gasteiger partial charge in [0.1, 0.15) is 5.82 Å². The first-order chi connectivity index (χ1) is 11.5. The molecule has 0 aromatic carbocycles. The molecule has 1 saturated carbocycles. The first kappa shape index (κ1) is 17.8. The Bertz CT molecular complexity index is 651. The van der Waals surface area contributed by atoms with Crippen LogP contribution in [0.5, 0.6) is 0 Å². The second-order valence-corrected chi connectivity index (χ2v) is 9.15. The summed E-state index contributed by atoms with van der Waals surface area (Å²) in [5.74, 6) is 1.16. The summed E-state index contributed by atoms with van der Waals surface area (Å²) in [6.45, 7) is 5.82.